The van der Waals surface area contributed by atoms with Gasteiger partial charge in [-0.1, -0.05) is 57.8 Å². The first-order chi connectivity index (χ1) is 22.4. The molecule has 0 unspecified atom stereocenters. The molecule has 0 spiro atoms. The molecule has 4 atom stereocenters. The highest BCUT2D eigenvalue weighted by Crippen LogP contribution is 2.36. The van der Waals surface area contributed by atoms with Crippen molar-refractivity contribution >= 4 is 29.4 Å². The average Bonchev–Trinajstić information content (AvgIpc) is 3.63. The highest BCUT2D eigenvalue weighted by molar-refractivity contribution is 5.71. The lowest BCUT2D eigenvalue weighted by Gasteiger charge is -2.28. The topological polar surface area (TPSA) is 188 Å². The molecule has 4 aliphatic rings. The van der Waals surface area contributed by atoms with Gasteiger partial charge in [-0.25, -0.2) is 24.4 Å². The fourth-order valence-corrected chi connectivity index (χ4v) is 7.14. The highest BCUT2D eigenvalue weighted by atomic mass is 16.7. The summed E-state index contributed by atoms with van der Waals surface area (Å²) >= 11 is 0. The number of carbonyl (C=O) groups excluding carboxylic acids is 3. The van der Waals surface area contributed by atoms with E-state index in [4.69, 9.17) is 18.9 Å². The van der Waals surface area contributed by atoms with Crippen LogP contribution in [0.4, 0.5) is 14.4 Å². The van der Waals surface area contributed by atoms with Crippen LogP contribution in [-0.2, 0) is 18.9 Å². The molecule has 252 valence electrons. The third kappa shape index (κ3) is 7.91. The van der Waals surface area contributed by atoms with Gasteiger partial charge in [0.25, 0.3) is 5.56 Å². The van der Waals surface area contributed by atoms with E-state index in [1.165, 1.54) is 17.2 Å². The zero-order valence-corrected chi connectivity index (χ0v) is 26.1. The van der Waals surface area contributed by atoms with Crippen LogP contribution in [0.25, 0.3) is 11.2 Å². The lowest BCUT2D eigenvalue weighted by molar-refractivity contribution is -0.0557. The van der Waals surface area contributed by atoms with Crippen molar-refractivity contribution in [1.29, 1.82) is 0 Å². The van der Waals surface area contributed by atoms with Gasteiger partial charge in [0, 0.05) is 18.1 Å². The van der Waals surface area contributed by atoms with Gasteiger partial charge in [0.05, 0.1) is 12.7 Å². The predicted octanol–water partition coefficient (Wildman–Crippen LogP) is 3.93. The summed E-state index contributed by atoms with van der Waals surface area (Å²) in [6, 6.07) is -0.0291. The maximum Gasteiger partial charge on any atom is 0.407 e. The Morgan fingerprint density at radius 1 is 0.761 bits per heavy atom. The van der Waals surface area contributed by atoms with Gasteiger partial charge in [-0.2, -0.15) is 0 Å². The first kappa shape index (κ1) is 32.1. The summed E-state index contributed by atoms with van der Waals surface area (Å²) in [6.07, 6.45) is 10.9. The number of nitrogens with one attached hydrogen (secondary N) is 4. The van der Waals surface area contributed by atoms with Crippen LogP contribution in [-0.4, -0.2) is 80.8 Å². The molecule has 0 aromatic carbocycles. The molecule has 4 fully saturated rings. The van der Waals surface area contributed by atoms with E-state index < -0.39 is 48.4 Å². The number of ether oxygens (including phenoxy) is 4. The molecule has 1 saturated heterocycles. The maximum atomic E-state index is 13.3. The number of aromatic amines is 1. The second kappa shape index (κ2) is 15.1. The Hall–Kier alpha value is -3.88. The number of rotatable bonds is 8. The van der Waals surface area contributed by atoms with E-state index in [0.717, 1.165) is 96.3 Å². The van der Waals surface area contributed by atoms with E-state index in [0.29, 0.717) is 0 Å². The van der Waals surface area contributed by atoms with Gasteiger partial charge < -0.3 is 39.9 Å². The Kier molecular flexibility index (Phi) is 10.6. The van der Waals surface area contributed by atoms with Crippen molar-refractivity contribution < 1.29 is 33.3 Å². The molecule has 1 aliphatic heterocycles. The Labute approximate surface area is 266 Å². The predicted molar refractivity (Wildman–Crippen MR) is 164 cm³/mol. The first-order valence-electron chi connectivity index (χ1n) is 16.9. The van der Waals surface area contributed by atoms with Crippen LogP contribution in [0.2, 0.25) is 0 Å². The van der Waals surface area contributed by atoms with Crippen molar-refractivity contribution in [2.24, 2.45) is 0 Å². The van der Waals surface area contributed by atoms with E-state index in [2.05, 4.69) is 30.9 Å². The molecular weight excluding hydrogens is 598 g/mol. The number of amides is 3. The number of nitrogens with zero attached hydrogens (tertiary/aromatic N) is 3. The summed E-state index contributed by atoms with van der Waals surface area (Å²) in [7, 11) is 0. The fraction of sp³-hybridized carbons (Fsp3) is 0.742. The van der Waals surface area contributed by atoms with Crippen molar-refractivity contribution in [3.8, 4) is 0 Å². The second-order valence-corrected chi connectivity index (χ2v) is 12.9. The van der Waals surface area contributed by atoms with Crippen molar-refractivity contribution in [2.45, 2.75) is 139 Å². The Balaban J connectivity index is 1.24. The Bertz CT molecular complexity index is 1400. The van der Waals surface area contributed by atoms with Gasteiger partial charge in [-0.15, -0.1) is 0 Å². The summed E-state index contributed by atoms with van der Waals surface area (Å²) in [5.74, 6) is 0. The normalized spacial score (nSPS) is 26.3. The van der Waals surface area contributed by atoms with E-state index in [1.807, 2.05) is 0 Å². The highest BCUT2D eigenvalue weighted by Gasteiger charge is 2.52. The summed E-state index contributed by atoms with van der Waals surface area (Å²) < 4.78 is 25.4. The molecule has 0 bridgehead atoms. The molecular formula is C31H45N7O8. The van der Waals surface area contributed by atoms with E-state index in [1.54, 1.807) is 0 Å². The SMILES string of the molecule is O=C(NC1CCCCC1)OC[C@@H]1O[C@H](n2cnc3c(=O)[nH]cnc32)[C@H](OC(=O)NC2CCCCC2)[C@@H]1OC(=O)NC1CCCCC1. The monoisotopic (exact) mass is 643 g/mol. The molecule has 6 rings (SSSR count). The second-order valence-electron chi connectivity index (χ2n) is 12.9. The molecule has 15 heteroatoms. The molecule has 46 heavy (non-hydrogen) atoms. The Morgan fingerprint density at radius 3 is 1.85 bits per heavy atom. The minimum absolute atomic E-state index is 0.0298. The van der Waals surface area contributed by atoms with Crippen LogP contribution >= 0.6 is 0 Å². The van der Waals surface area contributed by atoms with Gasteiger partial charge >= 0.3 is 18.3 Å². The van der Waals surface area contributed by atoms with Crippen LogP contribution < -0.4 is 21.5 Å². The molecule has 3 amide bonds. The van der Waals surface area contributed by atoms with Gasteiger partial charge in [0.1, 0.15) is 12.7 Å². The van der Waals surface area contributed by atoms with Gasteiger partial charge in [-0.3, -0.25) is 9.36 Å². The third-order valence-electron chi connectivity index (χ3n) is 9.57. The van der Waals surface area contributed by atoms with Gasteiger partial charge in [0.15, 0.2) is 29.6 Å². The van der Waals surface area contributed by atoms with E-state index in [-0.39, 0.29) is 35.9 Å². The van der Waals surface area contributed by atoms with E-state index in [9.17, 15) is 19.2 Å². The molecule has 2 aromatic heterocycles. The molecule has 15 nitrogen and oxygen atoms in total. The van der Waals surface area contributed by atoms with Gasteiger partial charge in [0.2, 0.25) is 0 Å². The van der Waals surface area contributed by atoms with Gasteiger partial charge in [-0.05, 0) is 38.5 Å². The number of hydrogen-bond acceptors (Lipinski definition) is 10. The molecule has 0 radical (unpaired) electrons. The number of alkyl carbamates (subject to hydrolysis) is 3. The standard InChI is InChI=1S/C31H45N7O8/c39-27-23-26(32-17-33-27)38(18-34-23)28-25(46-31(42)37-21-14-8-3-9-15-21)24(45-30(41)36-20-12-6-2-7-13-20)22(44-28)16-43-29(40)35-19-10-4-1-5-11-19/h17-22,24-25,28H,1-16H2,(H,35,40)(H,36,41)(H,37,42)(H,32,33,39)/t22-,24+,25+,28-/m0/s1. The molecule has 3 heterocycles. The minimum Gasteiger partial charge on any atom is -0.447 e. The zero-order valence-electron chi connectivity index (χ0n) is 26.1. The summed E-state index contributed by atoms with van der Waals surface area (Å²) in [6.45, 7) is -0.277. The van der Waals surface area contributed by atoms with Crippen molar-refractivity contribution in [3.05, 3.63) is 23.0 Å². The number of fused-ring (bicyclic) bond motifs is 1. The minimum atomic E-state index is -1.19. The molecule has 3 aliphatic carbocycles. The zero-order chi connectivity index (χ0) is 31.9. The number of H-pyrrole nitrogens is 1. The Morgan fingerprint density at radius 2 is 1.28 bits per heavy atom. The van der Waals surface area contributed by atoms with Crippen LogP contribution in [0.15, 0.2) is 17.4 Å². The molecule has 4 N–H and O–H groups in total. The quantitative estimate of drug-likeness (QED) is 0.307. The molecule has 3 saturated carbocycles. The average molecular weight is 644 g/mol. The van der Waals surface area contributed by atoms with Crippen molar-refractivity contribution in [3.63, 3.8) is 0 Å². The first-order valence-corrected chi connectivity index (χ1v) is 16.9. The number of carbonyl (C=O) groups is 3. The molecule has 2 aromatic rings. The third-order valence-corrected chi connectivity index (χ3v) is 9.57. The summed E-state index contributed by atoms with van der Waals surface area (Å²) in [5.41, 5.74) is -0.194. The maximum absolute atomic E-state index is 13.3. The summed E-state index contributed by atoms with van der Waals surface area (Å²) in [5, 5.41) is 8.80. The smallest absolute Gasteiger partial charge is 0.407 e. The lowest BCUT2D eigenvalue weighted by atomic mass is 9.96. The largest absolute Gasteiger partial charge is 0.447 e. The number of hydrogen-bond donors (Lipinski definition) is 4. The number of imidazole rings is 1. The van der Waals surface area contributed by atoms with E-state index >= 15 is 0 Å². The van der Waals surface area contributed by atoms with Crippen LogP contribution in [0.1, 0.15) is 103 Å². The number of aromatic nitrogens is 4. The van der Waals surface area contributed by atoms with Crippen LogP contribution in [0, 0.1) is 0 Å². The van der Waals surface area contributed by atoms with Crippen LogP contribution in [0.3, 0.4) is 0 Å². The lowest BCUT2D eigenvalue weighted by Crippen LogP contribution is -2.47. The van der Waals surface area contributed by atoms with Crippen molar-refractivity contribution in [2.75, 3.05) is 6.61 Å². The summed E-state index contributed by atoms with van der Waals surface area (Å²) in [4.78, 5) is 62.8. The fourth-order valence-electron chi connectivity index (χ4n) is 7.14. The van der Waals surface area contributed by atoms with Crippen LogP contribution in [0.5, 0.6) is 0 Å². The van der Waals surface area contributed by atoms with Crippen molar-refractivity contribution in [1.82, 2.24) is 35.5 Å².